The lowest BCUT2D eigenvalue weighted by atomic mass is 10.1. The molecule has 1 aromatic carbocycles. The lowest BCUT2D eigenvalue weighted by molar-refractivity contribution is 0.0926. The molecule has 0 spiro atoms. The molecule has 2 aromatic rings. The highest BCUT2D eigenvalue weighted by Crippen LogP contribution is 2.04. The molecule has 0 saturated heterocycles. The van der Waals surface area contributed by atoms with E-state index in [1.54, 1.807) is 18.2 Å². The quantitative estimate of drug-likeness (QED) is 0.388. The summed E-state index contributed by atoms with van der Waals surface area (Å²) in [6, 6.07) is 9.79. The van der Waals surface area contributed by atoms with Crippen molar-refractivity contribution in [3.8, 4) is 0 Å². The van der Waals surface area contributed by atoms with E-state index in [-0.39, 0.29) is 17.5 Å². The summed E-state index contributed by atoms with van der Waals surface area (Å²) in [5.41, 5.74) is 0.908. The predicted octanol–water partition coefficient (Wildman–Crippen LogP) is 1.95. The first-order valence-electron chi connectivity index (χ1n) is 8.27. The lowest BCUT2D eigenvalue weighted by Crippen LogP contribution is -2.41. The highest BCUT2D eigenvalue weighted by molar-refractivity contribution is 5.91. The van der Waals surface area contributed by atoms with Crippen LogP contribution < -0.4 is 16.0 Å². The van der Waals surface area contributed by atoms with Gasteiger partial charge < -0.3 is 20.4 Å². The highest BCUT2D eigenvalue weighted by Gasteiger charge is 2.06. The normalized spacial score (nSPS) is 11.2. The molecule has 0 bridgehead atoms. The molecule has 0 aliphatic rings. The topological polar surface area (TPSA) is 78.7 Å². The third kappa shape index (κ3) is 6.66. The number of rotatable bonds is 8. The van der Waals surface area contributed by atoms with E-state index in [0.717, 1.165) is 12.1 Å². The minimum Gasteiger partial charge on any atom is -0.459 e. The van der Waals surface area contributed by atoms with E-state index in [1.807, 2.05) is 13.0 Å². The van der Waals surface area contributed by atoms with Gasteiger partial charge in [-0.1, -0.05) is 12.1 Å². The molecule has 2 rings (SSSR count). The molecule has 0 saturated carbocycles. The number of halogens is 1. The Labute approximate surface area is 146 Å². The second-order valence-electron chi connectivity index (χ2n) is 5.30. The third-order valence-corrected chi connectivity index (χ3v) is 3.35. The average Bonchev–Trinajstić information content (AvgIpc) is 3.13. The van der Waals surface area contributed by atoms with Gasteiger partial charge in [-0.2, -0.15) is 0 Å². The number of carbonyl (C=O) groups excluding carboxylic acids is 1. The molecule has 7 heteroatoms. The second-order valence-corrected chi connectivity index (χ2v) is 5.30. The van der Waals surface area contributed by atoms with E-state index in [9.17, 15) is 9.18 Å². The Bertz CT molecular complexity index is 686. The van der Waals surface area contributed by atoms with Gasteiger partial charge in [0.05, 0.1) is 6.26 Å². The number of hydrogen-bond acceptors (Lipinski definition) is 3. The first kappa shape index (κ1) is 18.5. The van der Waals surface area contributed by atoms with Crippen molar-refractivity contribution in [3.63, 3.8) is 0 Å². The van der Waals surface area contributed by atoms with Crippen molar-refractivity contribution in [2.24, 2.45) is 4.99 Å². The summed E-state index contributed by atoms with van der Waals surface area (Å²) in [5, 5.41) is 9.02. The van der Waals surface area contributed by atoms with Crippen LogP contribution in [0.3, 0.4) is 0 Å². The fraction of sp³-hybridized carbons (Fsp3) is 0.333. The molecule has 0 radical (unpaired) electrons. The van der Waals surface area contributed by atoms with Gasteiger partial charge in [0, 0.05) is 26.2 Å². The summed E-state index contributed by atoms with van der Waals surface area (Å²) < 4.78 is 18.2. The van der Waals surface area contributed by atoms with Crippen LogP contribution in [0.4, 0.5) is 4.39 Å². The van der Waals surface area contributed by atoms with Gasteiger partial charge in [0.25, 0.3) is 5.91 Å². The molecule has 0 aliphatic heterocycles. The van der Waals surface area contributed by atoms with Gasteiger partial charge in [0.2, 0.25) is 0 Å². The van der Waals surface area contributed by atoms with Crippen LogP contribution in [0.1, 0.15) is 23.0 Å². The molecular weight excluding hydrogens is 323 g/mol. The Balaban J connectivity index is 1.72. The highest BCUT2D eigenvalue weighted by atomic mass is 19.1. The van der Waals surface area contributed by atoms with Gasteiger partial charge in [-0.05, 0) is 43.2 Å². The lowest BCUT2D eigenvalue weighted by Gasteiger charge is -2.11. The van der Waals surface area contributed by atoms with Gasteiger partial charge in [-0.3, -0.25) is 9.79 Å². The van der Waals surface area contributed by atoms with Crippen molar-refractivity contribution in [2.75, 3.05) is 26.2 Å². The van der Waals surface area contributed by atoms with Crippen LogP contribution in [0.25, 0.3) is 0 Å². The number of hydrogen-bond donors (Lipinski definition) is 3. The van der Waals surface area contributed by atoms with E-state index >= 15 is 0 Å². The molecule has 3 N–H and O–H groups in total. The molecule has 25 heavy (non-hydrogen) atoms. The van der Waals surface area contributed by atoms with Crippen LogP contribution in [0, 0.1) is 5.82 Å². The summed E-state index contributed by atoms with van der Waals surface area (Å²) >= 11 is 0. The van der Waals surface area contributed by atoms with Crippen LogP contribution >= 0.6 is 0 Å². The van der Waals surface area contributed by atoms with Gasteiger partial charge in [-0.25, -0.2) is 4.39 Å². The first-order chi connectivity index (χ1) is 12.2. The van der Waals surface area contributed by atoms with Gasteiger partial charge in [-0.15, -0.1) is 0 Å². The van der Waals surface area contributed by atoms with Gasteiger partial charge in [0.15, 0.2) is 11.7 Å². The summed E-state index contributed by atoms with van der Waals surface area (Å²) in [5.74, 6) is 0.459. The number of guanidine groups is 1. The summed E-state index contributed by atoms with van der Waals surface area (Å²) in [7, 11) is 0. The van der Waals surface area contributed by atoms with Crippen molar-refractivity contribution in [1.82, 2.24) is 16.0 Å². The number of furan rings is 1. The van der Waals surface area contributed by atoms with Crippen LogP contribution in [0.5, 0.6) is 0 Å². The molecule has 0 unspecified atom stereocenters. The van der Waals surface area contributed by atoms with E-state index < -0.39 is 0 Å². The zero-order valence-electron chi connectivity index (χ0n) is 14.2. The molecule has 0 aliphatic carbocycles. The standard InChI is InChI=1S/C18H23FN4O2/c1-2-20-18(22-9-8-14-5-3-6-15(19)13-14)23-11-10-21-17(24)16-7-4-12-25-16/h3-7,12-13H,2,8-11H2,1H3,(H,21,24)(H2,20,22,23). The zero-order chi connectivity index (χ0) is 17.9. The van der Waals surface area contributed by atoms with Crippen LogP contribution in [-0.4, -0.2) is 38.0 Å². The third-order valence-electron chi connectivity index (χ3n) is 3.35. The minimum absolute atomic E-state index is 0.237. The van der Waals surface area contributed by atoms with Crippen LogP contribution in [0.15, 0.2) is 52.1 Å². The number of nitrogens with zero attached hydrogens (tertiary/aromatic N) is 1. The van der Waals surface area contributed by atoms with E-state index in [0.29, 0.717) is 32.0 Å². The van der Waals surface area contributed by atoms with Gasteiger partial charge in [0.1, 0.15) is 5.82 Å². The van der Waals surface area contributed by atoms with E-state index in [2.05, 4.69) is 20.9 Å². The molecule has 134 valence electrons. The molecule has 0 atom stereocenters. The predicted molar refractivity (Wildman–Crippen MR) is 95.1 cm³/mol. The smallest absolute Gasteiger partial charge is 0.287 e. The molecule has 1 heterocycles. The molecule has 6 nitrogen and oxygen atoms in total. The van der Waals surface area contributed by atoms with Crippen molar-refractivity contribution >= 4 is 11.9 Å². The first-order valence-corrected chi connectivity index (χ1v) is 8.27. The Hall–Kier alpha value is -2.83. The maximum absolute atomic E-state index is 13.1. The van der Waals surface area contributed by atoms with Crippen LogP contribution in [0.2, 0.25) is 0 Å². The monoisotopic (exact) mass is 346 g/mol. The zero-order valence-corrected chi connectivity index (χ0v) is 14.2. The Morgan fingerprint density at radius 3 is 2.72 bits per heavy atom. The van der Waals surface area contributed by atoms with E-state index in [4.69, 9.17) is 4.42 Å². The van der Waals surface area contributed by atoms with E-state index in [1.165, 1.54) is 18.4 Å². The Kier molecular flexibility index (Phi) is 7.49. The van der Waals surface area contributed by atoms with Crippen molar-refractivity contribution in [2.45, 2.75) is 13.3 Å². The fourth-order valence-electron chi connectivity index (χ4n) is 2.18. The number of carbonyl (C=O) groups is 1. The number of nitrogens with one attached hydrogen (secondary N) is 3. The molecule has 1 amide bonds. The number of benzene rings is 1. The maximum atomic E-state index is 13.1. The fourth-order valence-corrected chi connectivity index (χ4v) is 2.18. The van der Waals surface area contributed by atoms with Gasteiger partial charge >= 0.3 is 0 Å². The van der Waals surface area contributed by atoms with Crippen LogP contribution in [-0.2, 0) is 6.42 Å². The average molecular weight is 346 g/mol. The summed E-state index contributed by atoms with van der Waals surface area (Å²) in [6.07, 6.45) is 2.12. The summed E-state index contributed by atoms with van der Waals surface area (Å²) in [6.45, 7) is 4.21. The largest absolute Gasteiger partial charge is 0.459 e. The van der Waals surface area contributed by atoms with Crippen molar-refractivity contribution in [3.05, 3.63) is 59.8 Å². The molecule has 0 fully saturated rings. The summed E-state index contributed by atoms with van der Waals surface area (Å²) in [4.78, 5) is 16.2. The van der Waals surface area contributed by atoms with Crippen molar-refractivity contribution in [1.29, 1.82) is 0 Å². The molecule has 1 aromatic heterocycles. The number of amides is 1. The maximum Gasteiger partial charge on any atom is 0.287 e. The second kappa shape index (κ2) is 10.1. The molecular formula is C18H23FN4O2. The number of aliphatic imine (C=N–C) groups is 1. The SMILES string of the molecule is CCNC(=NCCc1cccc(F)c1)NCCNC(=O)c1ccco1. The Morgan fingerprint density at radius 1 is 1.16 bits per heavy atom. The van der Waals surface area contributed by atoms with Crippen molar-refractivity contribution < 1.29 is 13.6 Å². The minimum atomic E-state index is -0.250. The Morgan fingerprint density at radius 2 is 2.00 bits per heavy atom.